The summed E-state index contributed by atoms with van der Waals surface area (Å²) in [6.07, 6.45) is 82.9. The van der Waals surface area contributed by atoms with Crippen molar-refractivity contribution in [2.45, 2.75) is 200 Å². The Kier molecular flexibility index (Phi) is 52.2. The summed E-state index contributed by atoms with van der Waals surface area (Å²) in [6.45, 7) is 3.92. The monoisotopic (exact) mass is 1070 g/mol. The molecule has 0 rings (SSSR count). The zero-order chi connectivity index (χ0) is 55.6. The Balaban J connectivity index is 4.28. The van der Waals surface area contributed by atoms with Gasteiger partial charge < -0.3 is 27.9 Å². The lowest BCUT2D eigenvalue weighted by atomic mass is 10.1. The largest absolute Gasteiger partial charge is 0.756 e. The minimum Gasteiger partial charge on any atom is -0.756 e. The van der Waals surface area contributed by atoms with E-state index < -0.39 is 32.5 Å². The number of rotatable bonds is 51. The van der Waals surface area contributed by atoms with Gasteiger partial charge in [-0.15, -0.1) is 0 Å². The van der Waals surface area contributed by atoms with Crippen LogP contribution in [-0.2, 0) is 32.7 Å². The number of ether oxygens (including phenoxy) is 2. The SMILES string of the molecule is CC/C=C\C/C=C\C/C=C\C/C=C\C/C=C\C/C=C\C/C=C\CCCCCCCCCCCC(=O)OC(COC(=O)CCCC/C=C\C/C=C\C/C=C\C/C=C\C/C=C\C/C=C\CC)COP(=O)([O-])OCC[N+](C)(C)C. The molecule has 0 aromatic carbocycles. The van der Waals surface area contributed by atoms with E-state index in [-0.39, 0.29) is 26.1 Å². The van der Waals surface area contributed by atoms with Crippen molar-refractivity contribution >= 4 is 19.8 Å². The first-order valence-electron chi connectivity index (χ1n) is 29.2. The summed E-state index contributed by atoms with van der Waals surface area (Å²) >= 11 is 0. The Morgan fingerprint density at radius 1 is 0.408 bits per heavy atom. The summed E-state index contributed by atoms with van der Waals surface area (Å²) in [5.74, 6) is -0.906. The second-order valence-electron chi connectivity index (χ2n) is 19.9. The fourth-order valence-electron chi connectivity index (χ4n) is 7.11. The highest BCUT2D eigenvalue weighted by Gasteiger charge is 2.21. The molecule has 0 aliphatic rings. The lowest BCUT2D eigenvalue weighted by Gasteiger charge is -2.28. The predicted octanol–water partition coefficient (Wildman–Crippen LogP) is 17.8. The van der Waals surface area contributed by atoms with Crippen molar-refractivity contribution < 1.29 is 42.1 Å². The summed E-state index contributed by atoms with van der Waals surface area (Å²) in [7, 11) is 1.11. The Morgan fingerprint density at radius 2 is 0.711 bits per heavy atom. The molecule has 0 spiro atoms. The first-order chi connectivity index (χ1) is 37.0. The smallest absolute Gasteiger partial charge is 0.306 e. The molecular formula is C66H106NO8P. The summed E-state index contributed by atoms with van der Waals surface area (Å²) < 4.78 is 34.1. The van der Waals surface area contributed by atoms with Gasteiger partial charge in [0.25, 0.3) is 7.82 Å². The molecule has 0 aromatic heterocycles. The maximum Gasteiger partial charge on any atom is 0.306 e. The number of phosphoric acid groups is 1. The third kappa shape index (κ3) is 58.9. The van der Waals surface area contributed by atoms with E-state index in [2.05, 4.69) is 172 Å². The van der Waals surface area contributed by atoms with Gasteiger partial charge >= 0.3 is 11.9 Å². The van der Waals surface area contributed by atoms with Crippen LogP contribution in [0, 0.1) is 0 Å². The molecule has 10 heteroatoms. The number of allylic oxidation sites excluding steroid dienone is 26. The van der Waals surface area contributed by atoms with Crippen molar-refractivity contribution in [2.75, 3.05) is 47.5 Å². The highest BCUT2D eigenvalue weighted by Crippen LogP contribution is 2.38. The van der Waals surface area contributed by atoms with Crippen LogP contribution in [-0.4, -0.2) is 70.0 Å². The van der Waals surface area contributed by atoms with Crippen LogP contribution in [0.1, 0.15) is 194 Å². The number of nitrogens with zero attached hydrogens (tertiary/aromatic N) is 1. The van der Waals surface area contributed by atoms with Crippen LogP contribution >= 0.6 is 7.82 Å². The number of esters is 2. The van der Waals surface area contributed by atoms with Gasteiger partial charge in [0.05, 0.1) is 27.7 Å². The minimum atomic E-state index is -4.66. The predicted molar refractivity (Wildman–Crippen MR) is 323 cm³/mol. The minimum absolute atomic E-state index is 0.0489. The molecule has 76 heavy (non-hydrogen) atoms. The molecule has 0 aliphatic heterocycles. The van der Waals surface area contributed by atoms with Crippen LogP contribution in [0.2, 0.25) is 0 Å². The Bertz CT molecular complexity index is 1840. The van der Waals surface area contributed by atoms with Gasteiger partial charge in [-0.1, -0.05) is 217 Å². The molecule has 0 saturated carbocycles. The number of quaternary nitrogens is 1. The number of phosphoric ester groups is 1. The first-order valence-corrected chi connectivity index (χ1v) is 30.7. The Hall–Kier alpha value is -4.37. The molecule has 428 valence electrons. The molecule has 0 amide bonds. The number of hydrogen-bond acceptors (Lipinski definition) is 8. The van der Waals surface area contributed by atoms with Crippen LogP contribution in [0.15, 0.2) is 158 Å². The van der Waals surface area contributed by atoms with E-state index in [4.69, 9.17) is 18.5 Å². The highest BCUT2D eigenvalue weighted by molar-refractivity contribution is 7.45. The number of carbonyl (C=O) groups is 2. The topological polar surface area (TPSA) is 111 Å². The molecule has 0 aromatic rings. The van der Waals surface area contributed by atoms with Crippen LogP contribution in [0.25, 0.3) is 0 Å². The molecule has 2 atom stereocenters. The van der Waals surface area contributed by atoms with Gasteiger partial charge in [-0.2, -0.15) is 0 Å². The zero-order valence-corrected chi connectivity index (χ0v) is 49.3. The van der Waals surface area contributed by atoms with Crippen molar-refractivity contribution in [2.24, 2.45) is 0 Å². The molecule has 0 bridgehead atoms. The lowest BCUT2D eigenvalue weighted by molar-refractivity contribution is -0.870. The fourth-order valence-corrected chi connectivity index (χ4v) is 7.84. The third-order valence-corrected chi connectivity index (χ3v) is 12.5. The van der Waals surface area contributed by atoms with Crippen molar-refractivity contribution in [3.63, 3.8) is 0 Å². The maximum absolute atomic E-state index is 12.8. The zero-order valence-electron chi connectivity index (χ0n) is 48.4. The molecule has 0 fully saturated rings. The number of hydrogen-bond donors (Lipinski definition) is 0. The number of likely N-dealkylation sites (N-methyl/N-ethyl adjacent to an activating group) is 1. The Morgan fingerprint density at radius 3 is 1.08 bits per heavy atom. The molecule has 0 heterocycles. The first kappa shape index (κ1) is 71.6. The number of carbonyl (C=O) groups excluding carboxylic acids is 2. The van der Waals surface area contributed by atoms with Gasteiger partial charge in [0.2, 0.25) is 0 Å². The highest BCUT2D eigenvalue weighted by atomic mass is 31.2. The third-order valence-electron chi connectivity index (χ3n) is 11.5. The van der Waals surface area contributed by atoms with E-state index in [1.807, 2.05) is 21.1 Å². The second kappa shape index (κ2) is 55.4. The van der Waals surface area contributed by atoms with Crippen LogP contribution < -0.4 is 4.89 Å². The van der Waals surface area contributed by atoms with Crippen LogP contribution in [0.5, 0.6) is 0 Å². The molecule has 9 nitrogen and oxygen atoms in total. The van der Waals surface area contributed by atoms with Gasteiger partial charge in [0, 0.05) is 12.8 Å². The standard InChI is InChI=1S/C66H106NO8P/c1-6-8-10-12-14-16-18-20-22-24-26-28-29-30-31-32-33-34-35-36-37-39-41-43-45-47-49-51-53-55-57-59-66(69)75-64(63-74-76(70,71)73-61-60-67(3,4)5)62-72-65(68)58-56-54-52-50-48-46-44-42-40-38-27-25-23-21-19-17-15-13-11-9-7-2/h8-11,14-17,20-23,26-28,30-31,33-34,36-38,42,44,48,50,64H,6-7,12-13,18-19,24-25,29,32,35,39-41,43,45-47,49,51-63H2,1-5H3/b10-8-,11-9-,16-14-,17-15-,22-20-,23-21-,28-26-,31-30-,34-33-,37-36-,38-27-,44-42-,50-48-. The van der Waals surface area contributed by atoms with E-state index in [9.17, 15) is 19.0 Å². The summed E-state index contributed by atoms with van der Waals surface area (Å²) in [6, 6.07) is 0. The van der Waals surface area contributed by atoms with E-state index in [0.717, 1.165) is 122 Å². The van der Waals surface area contributed by atoms with Crippen molar-refractivity contribution in [1.29, 1.82) is 0 Å². The average Bonchev–Trinajstić information content (AvgIpc) is 3.38. The van der Waals surface area contributed by atoms with E-state index in [1.54, 1.807) is 0 Å². The number of unbranched alkanes of at least 4 members (excludes halogenated alkanes) is 11. The molecule has 0 aliphatic carbocycles. The fraction of sp³-hybridized carbons (Fsp3) is 0.576. The van der Waals surface area contributed by atoms with Gasteiger partial charge in [0.1, 0.15) is 19.8 Å². The van der Waals surface area contributed by atoms with Crippen LogP contribution in [0.4, 0.5) is 0 Å². The van der Waals surface area contributed by atoms with Gasteiger partial charge in [-0.05, 0) is 122 Å². The van der Waals surface area contributed by atoms with Gasteiger partial charge in [-0.25, -0.2) is 0 Å². The average molecular weight is 1070 g/mol. The quantitative estimate of drug-likeness (QED) is 0.0195. The molecule has 2 unspecified atom stereocenters. The van der Waals surface area contributed by atoms with Crippen molar-refractivity contribution in [3.05, 3.63) is 158 Å². The summed E-state index contributed by atoms with van der Waals surface area (Å²) in [5.41, 5.74) is 0. The van der Waals surface area contributed by atoms with E-state index >= 15 is 0 Å². The molecule has 0 radical (unpaired) electrons. The summed E-state index contributed by atoms with van der Waals surface area (Å²) in [5, 5.41) is 0. The van der Waals surface area contributed by atoms with E-state index in [0.29, 0.717) is 23.9 Å². The summed E-state index contributed by atoms with van der Waals surface area (Å²) in [4.78, 5) is 37.9. The van der Waals surface area contributed by atoms with Gasteiger partial charge in [0.15, 0.2) is 6.10 Å². The maximum atomic E-state index is 12.8. The van der Waals surface area contributed by atoms with E-state index in [1.165, 1.54) is 32.1 Å². The van der Waals surface area contributed by atoms with Gasteiger partial charge in [-0.3, -0.25) is 14.2 Å². The van der Waals surface area contributed by atoms with Crippen molar-refractivity contribution in [3.8, 4) is 0 Å². The second-order valence-corrected chi connectivity index (χ2v) is 21.3. The lowest BCUT2D eigenvalue weighted by Crippen LogP contribution is -2.37. The molecular weight excluding hydrogens is 966 g/mol. The molecule has 0 saturated heterocycles. The normalized spacial score (nSPS) is 14.4. The van der Waals surface area contributed by atoms with Crippen molar-refractivity contribution in [1.82, 2.24) is 0 Å². The Labute approximate surface area is 465 Å². The molecule has 0 N–H and O–H groups in total. The van der Waals surface area contributed by atoms with Crippen LogP contribution in [0.3, 0.4) is 0 Å².